The number of nitrogens with two attached hydrogens (primary N) is 1. The first-order chi connectivity index (χ1) is 8.63. The van der Waals surface area contributed by atoms with E-state index < -0.39 is 6.09 Å². The van der Waals surface area contributed by atoms with Crippen LogP contribution in [-0.4, -0.2) is 18.7 Å². The highest BCUT2D eigenvalue weighted by Crippen LogP contribution is 2.07. The van der Waals surface area contributed by atoms with Crippen LogP contribution in [0.4, 0.5) is 4.79 Å². The second-order valence-electron chi connectivity index (χ2n) is 3.97. The minimum Gasteiger partial charge on any atom is -0.447 e. The van der Waals surface area contributed by atoms with Gasteiger partial charge in [0.25, 0.3) is 0 Å². The fourth-order valence-corrected chi connectivity index (χ4v) is 1.37. The third-order valence-electron chi connectivity index (χ3n) is 2.11. The predicted molar refractivity (Wildman–Crippen MR) is 70.8 cm³/mol. The van der Waals surface area contributed by atoms with Gasteiger partial charge in [0.2, 0.25) is 0 Å². The molecular formula is C14H18N2O2. The van der Waals surface area contributed by atoms with Crippen molar-refractivity contribution in [3.8, 4) is 11.8 Å². The molecule has 0 radical (unpaired) electrons. The quantitative estimate of drug-likeness (QED) is 0.797. The van der Waals surface area contributed by atoms with E-state index in [0.29, 0.717) is 13.1 Å². The van der Waals surface area contributed by atoms with Crippen molar-refractivity contribution in [2.45, 2.75) is 26.5 Å². The van der Waals surface area contributed by atoms with E-state index in [2.05, 4.69) is 17.2 Å². The molecule has 0 fully saturated rings. The van der Waals surface area contributed by atoms with Gasteiger partial charge in [0.05, 0.1) is 12.6 Å². The Morgan fingerprint density at radius 2 is 2.17 bits per heavy atom. The van der Waals surface area contributed by atoms with Gasteiger partial charge in [-0.05, 0) is 25.5 Å². The predicted octanol–water partition coefficient (Wildman–Crippen LogP) is 1.63. The van der Waals surface area contributed by atoms with Gasteiger partial charge in [-0.3, -0.25) is 0 Å². The molecule has 0 unspecified atom stereocenters. The largest absolute Gasteiger partial charge is 0.447 e. The second-order valence-corrected chi connectivity index (χ2v) is 3.97. The molecule has 3 N–H and O–H groups in total. The van der Waals surface area contributed by atoms with Crippen molar-refractivity contribution < 1.29 is 9.53 Å². The molecule has 18 heavy (non-hydrogen) atoms. The fraction of sp³-hybridized carbons (Fsp3) is 0.357. The molecule has 4 heteroatoms. The summed E-state index contributed by atoms with van der Waals surface area (Å²) in [5.41, 5.74) is 7.15. The van der Waals surface area contributed by atoms with Crippen LogP contribution in [0.25, 0.3) is 0 Å². The first-order valence-corrected chi connectivity index (χ1v) is 5.84. The van der Waals surface area contributed by atoms with Gasteiger partial charge in [-0.15, -0.1) is 0 Å². The first kappa shape index (κ1) is 14.1. The minimum atomic E-state index is -0.424. The Balaban J connectivity index is 2.64. The maximum Gasteiger partial charge on any atom is 0.407 e. The zero-order valence-corrected chi connectivity index (χ0v) is 10.7. The summed E-state index contributed by atoms with van der Waals surface area (Å²) in [5.74, 6) is 5.77. The van der Waals surface area contributed by atoms with Gasteiger partial charge in [-0.2, -0.15) is 0 Å². The lowest BCUT2D eigenvalue weighted by molar-refractivity contribution is 0.115. The Hall–Kier alpha value is -1.99. The van der Waals surface area contributed by atoms with Crippen LogP contribution in [-0.2, 0) is 11.3 Å². The summed E-state index contributed by atoms with van der Waals surface area (Å²) in [5, 5.41) is 2.69. The number of rotatable bonds is 3. The molecule has 0 saturated heterocycles. The molecule has 0 atom stereocenters. The molecule has 0 bridgehead atoms. The fourth-order valence-electron chi connectivity index (χ4n) is 1.37. The lowest BCUT2D eigenvalue weighted by atomic mass is 10.1. The van der Waals surface area contributed by atoms with Gasteiger partial charge >= 0.3 is 6.09 Å². The van der Waals surface area contributed by atoms with Gasteiger partial charge < -0.3 is 15.8 Å². The van der Waals surface area contributed by atoms with Crippen LogP contribution in [0.2, 0.25) is 0 Å². The summed E-state index contributed by atoms with van der Waals surface area (Å²) < 4.78 is 4.99. The number of hydrogen-bond acceptors (Lipinski definition) is 3. The third-order valence-corrected chi connectivity index (χ3v) is 2.11. The smallest absolute Gasteiger partial charge is 0.407 e. The second kappa shape index (κ2) is 7.36. The molecule has 0 aliphatic rings. The lowest BCUT2D eigenvalue weighted by Crippen LogP contribution is -2.26. The molecule has 4 nitrogen and oxygen atoms in total. The van der Waals surface area contributed by atoms with E-state index in [1.807, 2.05) is 24.3 Å². The van der Waals surface area contributed by atoms with Crippen LogP contribution in [0.3, 0.4) is 0 Å². The van der Waals surface area contributed by atoms with Gasteiger partial charge in [0.1, 0.15) is 0 Å². The highest BCUT2D eigenvalue weighted by Gasteiger charge is 2.05. The van der Waals surface area contributed by atoms with Gasteiger partial charge in [-0.1, -0.05) is 30.0 Å². The topological polar surface area (TPSA) is 64.3 Å². The third kappa shape index (κ3) is 4.89. The molecule has 0 aliphatic carbocycles. The van der Waals surface area contributed by atoms with Crippen molar-refractivity contribution in [3.05, 3.63) is 35.4 Å². The number of carbonyl (C=O) groups excluding carboxylic acids is 1. The molecule has 0 aliphatic heterocycles. The number of carbonyl (C=O) groups is 1. The first-order valence-electron chi connectivity index (χ1n) is 5.84. The van der Waals surface area contributed by atoms with Gasteiger partial charge in [0.15, 0.2) is 0 Å². The number of hydrogen-bond donors (Lipinski definition) is 2. The zero-order valence-electron chi connectivity index (χ0n) is 10.7. The monoisotopic (exact) mass is 246 g/mol. The summed E-state index contributed by atoms with van der Waals surface area (Å²) in [6.45, 7) is 4.32. The van der Waals surface area contributed by atoms with Crippen LogP contribution >= 0.6 is 0 Å². The Bertz CT molecular complexity index is 458. The molecule has 0 aromatic heterocycles. The summed E-state index contributed by atoms with van der Waals surface area (Å²) in [6.07, 6.45) is -0.552. The van der Waals surface area contributed by atoms with Crippen LogP contribution in [0.1, 0.15) is 25.0 Å². The molecule has 0 spiro atoms. The average Bonchev–Trinajstić information content (AvgIpc) is 2.34. The Labute approximate surface area is 108 Å². The van der Waals surface area contributed by atoms with E-state index in [-0.39, 0.29) is 6.10 Å². The summed E-state index contributed by atoms with van der Waals surface area (Å²) in [4.78, 5) is 11.4. The molecule has 1 aromatic rings. The SMILES string of the molecule is CC(C)OC(=O)NCc1ccccc1C#CCN. The zero-order chi connectivity index (χ0) is 13.4. The highest BCUT2D eigenvalue weighted by atomic mass is 16.6. The van der Waals surface area contributed by atoms with E-state index in [1.54, 1.807) is 13.8 Å². The van der Waals surface area contributed by atoms with E-state index in [0.717, 1.165) is 11.1 Å². The summed E-state index contributed by atoms with van der Waals surface area (Å²) in [6, 6.07) is 7.61. The highest BCUT2D eigenvalue weighted by molar-refractivity contribution is 5.67. The summed E-state index contributed by atoms with van der Waals surface area (Å²) >= 11 is 0. The Morgan fingerprint density at radius 3 is 2.83 bits per heavy atom. The molecule has 0 saturated carbocycles. The van der Waals surface area contributed by atoms with Crippen LogP contribution < -0.4 is 11.1 Å². The Morgan fingerprint density at radius 1 is 1.44 bits per heavy atom. The lowest BCUT2D eigenvalue weighted by Gasteiger charge is -2.10. The van der Waals surface area contributed by atoms with E-state index >= 15 is 0 Å². The number of benzene rings is 1. The van der Waals surface area contributed by atoms with Gasteiger partial charge in [-0.25, -0.2) is 4.79 Å². The average molecular weight is 246 g/mol. The summed E-state index contributed by atoms with van der Waals surface area (Å²) in [7, 11) is 0. The molecule has 1 amide bonds. The van der Waals surface area contributed by atoms with Crippen LogP contribution in [0.5, 0.6) is 0 Å². The van der Waals surface area contributed by atoms with Crippen molar-refractivity contribution in [1.29, 1.82) is 0 Å². The van der Waals surface area contributed by atoms with E-state index in [4.69, 9.17) is 10.5 Å². The van der Waals surface area contributed by atoms with Crippen LogP contribution in [0.15, 0.2) is 24.3 Å². The van der Waals surface area contributed by atoms with E-state index in [1.165, 1.54) is 0 Å². The normalized spacial score (nSPS) is 9.56. The van der Waals surface area contributed by atoms with Crippen molar-refractivity contribution in [3.63, 3.8) is 0 Å². The standard InChI is InChI=1S/C14H18N2O2/c1-11(2)18-14(17)16-10-13-7-4-3-6-12(13)8-5-9-15/h3-4,6-7,11H,9-10,15H2,1-2H3,(H,16,17). The molecule has 96 valence electrons. The van der Waals surface area contributed by atoms with Crippen molar-refractivity contribution in [2.24, 2.45) is 5.73 Å². The molecular weight excluding hydrogens is 228 g/mol. The maximum atomic E-state index is 11.4. The van der Waals surface area contributed by atoms with E-state index in [9.17, 15) is 4.79 Å². The molecule has 1 aromatic carbocycles. The number of alkyl carbamates (subject to hydrolysis) is 1. The van der Waals surface area contributed by atoms with Crippen molar-refractivity contribution >= 4 is 6.09 Å². The molecule has 0 heterocycles. The van der Waals surface area contributed by atoms with Crippen molar-refractivity contribution in [2.75, 3.05) is 6.54 Å². The number of amides is 1. The number of ether oxygens (including phenoxy) is 1. The minimum absolute atomic E-state index is 0.128. The maximum absolute atomic E-state index is 11.4. The van der Waals surface area contributed by atoms with Crippen molar-refractivity contribution in [1.82, 2.24) is 5.32 Å². The Kier molecular flexibility index (Phi) is 5.75. The van der Waals surface area contributed by atoms with Gasteiger partial charge in [0, 0.05) is 12.1 Å². The number of nitrogens with one attached hydrogen (secondary N) is 1. The van der Waals surface area contributed by atoms with Crippen LogP contribution in [0, 0.1) is 11.8 Å². The molecule has 1 rings (SSSR count).